The molecule has 3 unspecified atom stereocenters. The van der Waals surface area contributed by atoms with Crippen LogP contribution in [0.5, 0.6) is 0 Å². The molecule has 228 valence electrons. The average molecular weight is 588 g/mol. The van der Waals surface area contributed by atoms with Gasteiger partial charge in [0.15, 0.2) is 6.10 Å². The molecule has 0 bridgehead atoms. The lowest BCUT2D eigenvalue weighted by Gasteiger charge is -2.20. The van der Waals surface area contributed by atoms with E-state index in [0.29, 0.717) is 6.42 Å². The summed E-state index contributed by atoms with van der Waals surface area (Å²) in [4.78, 5) is 43.7. The van der Waals surface area contributed by atoms with Gasteiger partial charge in [-0.2, -0.15) is 0 Å². The maximum absolute atomic E-state index is 12.2. The third-order valence-corrected chi connectivity index (χ3v) is 6.10. The van der Waals surface area contributed by atoms with Crippen LogP contribution >= 0.6 is 7.82 Å². The van der Waals surface area contributed by atoms with Gasteiger partial charge in [-0.15, -0.1) is 0 Å². The topological polar surface area (TPSA) is 172 Å². The van der Waals surface area contributed by atoms with E-state index in [1.165, 1.54) is 0 Å². The molecule has 0 amide bonds. The molecular weight excluding hydrogens is 541 g/mol. The third-order valence-electron chi connectivity index (χ3n) is 5.15. The molecule has 40 heavy (non-hydrogen) atoms. The van der Waals surface area contributed by atoms with Gasteiger partial charge in [0.2, 0.25) is 0 Å². The second kappa shape index (κ2) is 24.3. The first-order valence-electron chi connectivity index (χ1n) is 13.6. The molecular formula is C28H46NO10P. The number of carbonyl (C=O) groups excluding carboxylic acids is 2. The highest BCUT2D eigenvalue weighted by molar-refractivity contribution is 7.47. The van der Waals surface area contributed by atoms with Crippen LogP contribution in [-0.4, -0.2) is 59.9 Å². The minimum atomic E-state index is -4.68. The van der Waals surface area contributed by atoms with Crippen LogP contribution in [0.1, 0.15) is 78.1 Å². The molecule has 0 aromatic heterocycles. The number of hydrogen-bond acceptors (Lipinski definition) is 9. The Hall–Kier alpha value is -2.56. The van der Waals surface area contributed by atoms with Crippen LogP contribution in [0.3, 0.4) is 0 Å². The summed E-state index contributed by atoms with van der Waals surface area (Å²) < 4.78 is 31.2. The van der Waals surface area contributed by atoms with Gasteiger partial charge in [0.25, 0.3) is 0 Å². The number of nitrogens with two attached hydrogens (primary N) is 1. The predicted octanol–water partition coefficient (Wildman–Crippen LogP) is 5.15. The molecule has 12 heteroatoms. The van der Waals surface area contributed by atoms with Crippen molar-refractivity contribution in [3.05, 3.63) is 48.6 Å². The standard InChI is InChI=1S/C28H46NO10P/c1-3-4-5-6-7-8-9-10-11-12-13-14-15-16-17-18-19-20-27(31)39-25(21-36-24(2)30)22-37-40(34,35)38-23-26(29)28(32)33/h4-5,7-8,10-11,13-14,25-26H,3,6,9,12,15-23,29H2,1-2H3,(H,32,33)(H,34,35)/b5-4-,8-7-,11-10-,14-13-. The van der Waals surface area contributed by atoms with Crippen molar-refractivity contribution in [1.82, 2.24) is 0 Å². The van der Waals surface area contributed by atoms with E-state index in [-0.39, 0.29) is 13.0 Å². The van der Waals surface area contributed by atoms with Crippen molar-refractivity contribution in [1.29, 1.82) is 0 Å². The normalized spacial score (nSPS) is 15.1. The maximum atomic E-state index is 12.2. The van der Waals surface area contributed by atoms with E-state index in [0.717, 1.165) is 58.3 Å². The smallest absolute Gasteiger partial charge is 0.472 e. The van der Waals surface area contributed by atoms with Crippen molar-refractivity contribution in [2.45, 2.75) is 90.2 Å². The van der Waals surface area contributed by atoms with Crippen LogP contribution in [0, 0.1) is 0 Å². The van der Waals surface area contributed by atoms with Crippen molar-refractivity contribution in [3.63, 3.8) is 0 Å². The lowest BCUT2D eigenvalue weighted by atomic mass is 10.1. The van der Waals surface area contributed by atoms with E-state index in [4.69, 9.17) is 24.8 Å². The number of phosphoric ester groups is 1. The Labute approximate surface area is 237 Å². The van der Waals surface area contributed by atoms with Crippen LogP contribution in [0.2, 0.25) is 0 Å². The second-order valence-corrected chi connectivity index (χ2v) is 10.3. The molecule has 0 aliphatic carbocycles. The predicted molar refractivity (Wildman–Crippen MR) is 152 cm³/mol. The van der Waals surface area contributed by atoms with E-state index in [1.807, 2.05) is 0 Å². The number of hydrogen-bond donors (Lipinski definition) is 3. The number of carbonyl (C=O) groups is 3. The van der Waals surface area contributed by atoms with Crippen molar-refractivity contribution < 1.29 is 47.5 Å². The third kappa shape index (κ3) is 24.5. The number of phosphoric acid groups is 1. The van der Waals surface area contributed by atoms with Crippen molar-refractivity contribution in [2.24, 2.45) is 5.73 Å². The number of carboxylic acid groups (broad SMARTS) is 1. The Kier molecular flexibility index (Phi) is 22.7. The monoisotopic (exact) mass is 587 g/mol. The summed E-state index contributed by atoms with van der Waals surface area (Å²) in [5.41, 5.74) is 5.21. The summed E-state index contributed by atoms with van der Waals surface area (Å²) in [7, 11) is -4.68. The average Bonchev–Trinajstić information content (AvgIpc) is 2.90. The van der Waals surface area contributed by atoms with Gasteiger partial charge in [-0.1, -0.05) is 68.4 Å². The molecule has 4 N–H and O–H groups in total. The van der Waals surface area contributed by atoms with Crippen LogP contribution in [-0.2, 0) is 37.5 Å². The zero-order chi connectivity index (χ0) is 30.1. The molecule has 0 aliphatic heterocycles. The Balaban J connectivity index is 4.15. The fourth-order valence-corrected chi connectivity index (χ4v) is 3.79. The molecule has 3 atom stereocenters. The van der Waals surface area contributed by atoms with Gasteiger partial charge in [-0.3, -0.25) is 23.4 Å². The molecule has 0 saturated heterocycles. The number of carboxylic acids is 1. The largest absolute Gasteiger partial charge is 0.480 e. The quantitative estimate of drug-likeness (QED) is 0.0590. The van der Waals surface area contributed by atoms with E-state index in [1.54, 1.807) is 0 Å². The van der Waals surface area contributed by atoms with E-state index in [2.05, 4.69) is 60.1 Å². The Morgan fingerprint density at radius 3 is 1.95 bits per heavy atom. The summed E-state index contributed by atoms with van der Waals surface area (Å²) in [6.45, 7) is 1.52. The molecule has 0 spiro atoms. The van der Waals surface area contributed by atoms with Gasteiger partial charge in [-0.25, -0.2) is 4.57 Å². The maximum Gasteiger partial charge on any atom is 0.472 e. The summed E-state index contributed by atoms with van der Waals surface area (Å²) in [6, 6.07) is -1.52. The summed E-state index contributed by atoms with van der Waals surface area (Å²) in [5, 5.41) is 8.70. The lowest BCUT2D eigenvalue weighted by molar-refractivity contribution is -0.160. The van der Waals surface area contributed by atoms with Gasteiger partial charge in [0.05, 0.1) is 13.2 Å². The van der Waals surface area contributed by atoms with E-state index >= 15 is 0 Å². The van der Waals surface area contributed by atoms with Crippen molar-refractivity contribution in [3.8, 4) is 0 Å². The molecule has 0 aromatic carbocycles. The van der Waals surface area contributed by atoms with Gasteiger partial charge < -0.3 is 25.2 Å². The van der Waals surface area contributed by atoms with Gasteiger partial charge in [0, 0.05) is 13.3 Å². The first-order chi connectivity index (χ1) is 19.1. The summed E-state index contributed by atoms with van der Waals surface area (Å²) in [6.07, 6.45) is 24.5. The molecule has 0 aliphatic rings. The molecule has 0 aromatic rings. The van der Waals surface area contributed by atoms with Crippen LogP contribution in [0.25, 0.3) is 0 Å². The van der Waals surface area contributed by atoms with Gasteiger partial charge >= 0.3 is 25.7 Å². The Morgan fingerprint density at radius 1 is 0.825 bits per heavy atom. The van der Waals surface area contributed by atoms with Crippen LogP contribution in [0.15, 0.2) is 48.6 Å². The molecule has 11 nitrogen and oxygen atoms in total. The number of esters is 2. The molecule has 0 heterocycles. The van der Waals surface area contributed by atoms with Crippen molar-refractivity contribution >= 4 is 25.7 Å². The summed E-state index contributed by atoms with van der Waals surface area (Å²) in [5.74, 6) is -2.62. The SMILES string of the molecule is CC/C=C\C/C=C\C/C=C\C/C=C\CCCCCCC(=O)OC(COC(C)=O)COP(=O)(O)OCC(N)C(=O)O. The number of ether oxygens (including phenoxy) is 2. The van der Waals surface area contributed by atoms with E-state index in [9.17, 15) is 23.8 Å². The minimum Gasteiger partial charge on any atom is -0.480 e. The van der Waals surface area contributed by atoms with Gasteiger partial charge in [-0.05, 0) is 44.9 Å². The highest BCUT2D eigenvalue weighted by atomic mass is 31.2. The van der Waals surface area contributed by atoms with E-state index < -0.39 is 51.1 Å². The Morgan fingerprint density at radius 2 is 1.38 bits per heavy atom. The number of allylic oxidation sites excluding steroid dienone is 8. The fourth-order valence-electron chi connectivity index (χ4n) is 3.01. The minimum absolute atomic E-state index is 0.126. The van der Waals surface area contributed by atoms with Crippen molar-refractivity contribution in [2.75, 3.05) is 19.8 Å². The van der Waals surface area contributed by atoms with Crippen LogP contribution < -0.4 is 5.73 Å². The van der Waals surface area contributed by atoms with Gasteiger partial charge in [0.1, 0.15) is 12.6 Å². The number of aliphatic carboxylic acids is 1. The highest BCUT2D eigenvalue weighted by Crippen LogP contribution is 2.43. The van der Waals surface area contributed by atoms with Crippen LogP contribution in [0.4, 0.5) is 0 Å². The zero-order valence-corrected chi connectivity index (χ0v) is 24.5. The molecule has 0 rings (SSSR count). The first kappa shape index (κ1) is 37.4. The number of unbranched alkanes of at least 4 members (excludes halogenated alkanes) is 4. The summed E-state index contributed by atoms with van der Waals surface area (Å²) >= 11 is 0. The number of rotatable bonds is 24. The second-order valence-electron chi connectivity index (χ2n) is 8.87. The first-order valence-corrected chi connectivity index (χ1v) is 15.1. The lowest BCUT2D eigenvalue weighted by Crippen LogP contribution is -2.34. The Bertz CT molecular complexity index is 884. The molecule has 0 saturated carbocycles. The fraction of sp³-hybridized carbons (Fsp3) is 0.607. The zero-order valence-electron chi connectivity index (χ0n) is 23.7. The molecule has 0 fully saturated rings. The highest BCUT2D eigenvalue weighted by Gasteiger charge is 2.27. The molecule has 0 radical (unpaired) electrons.